The summed E-state index contributed by atoms with van der Waals surface area (Å²) >= 11 is 0. The van der Waals surface area contributed by atoms with Crippen LogP contribution >= 0.6 is 0 Å². The van der Waals surface area contributed by atoms with Gasteiger partial charge < -0.3 is 4.74 Å². The Labute approximate surface area is 138 Å². The second-order valence-corrected chi connectivity index (χ2v) is 5.83. The lowest BCUT2D eigenvalue weighted by atomic mass is 9.79. The Hall–Kier alpha value is -2.78. The Morgan fingerprint density at radius 2 is 1.96 bits per heavy atom. The molecule has 25 heavy (non-hydrogen) atoms. The second kappa shape index (κ2) is 5.36. The van der Waals surface area contributed by atoms with Crippen LogP contribution in [0.1, 0.15) is 19.3 Å². The van der Waals surface area contributed by atoms with Crippen LogP contribution in [0, 0.1) is 5.82 Å². The highest BCUT2D eigenvalue weighted by Gasteiger charge is 2.61. The zero-order valence-corrected chi connectivity index (χ0v) is 12.7. The molecule has 0 aliphatic heterocycles. The van der Waals surface area contributed by atoms with E-state index >= 15 is 0 Å². The van der Waals surface area contributed by atoms with Crippen molar-refractivity contribution in [2.24, 2.45) is 0 Å². The smallest absolute Gasteiger partial charge is 0.428 e. The van der Waals surface area contributed by atoms with Crippen molar-refractivity contribution in [3.05, 3.63) is 36.8 Å². The SMILES string of the molecule is Fc1cc(-c2cn3cnnc3cn2)cnc1OC1(C(F)(F)F)CCC1. The molecule has 0 atom stereocenters. The minimum Gasteiger partial charge on any atom is -0.459 e. The van der Waals surface area contributed by atoms with Gasteiger partial charge in [-0.15, -0.1) is 10.2 Å². The Bertz CT molecular complexity index is 935. The second-order valence-electron chi connectivity index (χ2n) is 5.83. The molecule has 3 aromatic rings. The number of ether oxygens (including phenoxy) is 1. The maximum absolute atomic E-state index is 14.3. The fourth-order valence-electron chi connectivity index (χ4n) is 2.65. The molecule has 1 aliphatic carbocycles. The molecule has 1 saturated carbocycles. The minimum atomic E-state index is -4.57. The van der Waals surface area contributed by atoms with E-state index in [-0.39, 0.29) is 12.8 Å². The fourth-order valence-corrected chi connectivity index (χ4v) is 2.65. The van der Waals surface area contributed by atoms with Gasteiger partial charge in [0.25, 0.3) is 5.88 Å². The van der Waals surface area contributed by atoms with Crippen molar-refractivity contribution >= 4 is 5.65 Å². The van der Waals surface area contributed by atoms with Crippen LogP contribution in [0.15, 0.2) is 31.0 Å². The van der Waals surface area contributed by atoms with E-state index in [1.807, 2.05) is 0 Å². The van der Waals surface area contributed by atoms with Crippen LogP contribution in [0.3, 0.4) is 0 Å². The molecule has 0 spiro atoms. The number of aromatic nitrogens is 5. The highest BCUT2D eigenvalue weighted by Crippen LogP contribution is 2.48. The molecule has 0 radical (unpaired) electrons. The van der Waals surface area contributed by atoms with Gasteiger partial charge in [-0.1, -0.05) is 0 Å². The standard InChI is InChI=1S/C15H11F4N5O/c16-10-4-9(11-7-24-8-22-23-12(24)6-20-11)5-21-13(10)25-14(2-1-3-14)15(17,18)19/h4-8H,1-3H2. The molecule has 6 nitrogen and oxygen atoms in total. The molecule has 0 saturated heterocycles. The lowest BCUT2D eigenvalue weighted by Gasteiger charge is -2.42. The first-order chi connectivity index (χ1) is 11.9. The van der Waals surface area contributed by atoms with E-state index < -0.39 is 23.5 Å². The van der Waals surface area contributed by atoms with E-state index in [0.717, 1.165) is 6.07 Å². The normalized spacial score (nSPS) is 16.6. The van der Waals surface area contributed by atoms with Crippen molar-refractivity contribution < 1.29 is 22.3 Å². The maximum atomic E-state index is 14.3. The van der Waals surface area contributed by atoms with Gasteiger partial charge in [-0.3, -0.25) is 9.38 Å². The van der Waals surface area contributed by atoms with Gasteiger partial charge in [-0.05, 0) is 25.3 Å². The average Bonchev–Trinajstić information content (AvgIpc) is 2.98. The number of fused-ring (bicyclic) bond motifs is 1. The van der Waals surface area contributed by atoms with E-state index in [1.54, 1.807) is 10.6 Å². The lowest BCUT2D eigenvalue weighted by molar-refractivity contribution is -0.275. The Morgan fingerprint density at radius 3 is 2.60 bits per heavy atom. The molecule has 0 bridgehead atoms. The molecule has 1 fully saturated rings. The Kier molecular flexibility index (Phi) is 3.37. The summed E-state index contributed by atoms with van der Waals surface area (Å²) in [6.07, 6.45) is 1.08. The molecule has 1 aliphatic rings. The monoisotopic (exact) mass is 353 g/mol. The number of nitrogens with zero attached hydrogens (tertiary/aromatic N) is 5. The molecule has 3 aromatic heterocycles. The van der Waals surface area contributed by atoms with Crippen LogP contribution in [0.4, 0.5) is 17.6 Å². The first-order valence-corrected chi connectivity index (χ1v) is 7.45. The van der Waals surface area contributed by atoms with Crippen molar-refractivity contribution in [3.63, 3.8) is 0 Å². The number of rotatable bonds is 3. The molecule has 3 heterocycles. The van der Waals surface area contributed by atoms with Crippen LogP contribution in [0.25, 0.3) is 16.9 Å². The zero-order chi connectivity index (χ0) is 17.7. The largest absolute Gasteiger partial charge is 0.459 e. The van der Waals surface area contributed by atoms with Gasteiger partial charge >= 0.3 is 6.18 Å². The number of halogens is 4. The lowest BCUT2D eigenvalue weighted by Crippen LogP contribution is -2.55. The molecule has 130 valence electrons. The minimum absolute atomic E-state index is 0.203. The van der Waals surface area contributed by atoms with Crippen molar-refractivity contribution in [1.29, 1.82) is 0 Å². The maximum Gasteiger partial charge on any atom is 0.428 e. The third-order valence-electron chi connectivity index (χ3n) is 4.25. The van der Waals surface area contributed by atoms with Gasteiger partial charge in [0, 0.05) is 18.0 Å². The molecule has 0 amide bonds. The van der Waals surface area contributed by atoms with Crippen molar-refractivity contribution in [2.75, 3.05) is 0 Å². The van der Waals surface area contributed by atoms with Crippen molar-refractivity contribution in [3.8, 4) is 17.1 Å². The summed E-state index contributed by atoms with van der Waals surface area (Å²) in [6, 6.07) is 1.05. The summed E-state index contributed by atoms with van der Waals surface area (Å²) in [6.45, 7) is 0. The van der Waals surface area contributed by atoms with Gasteiger partial charge in [0.1, 0.15) is 6.33 Å². The molecule has 10 heteroatoms. The third kappa shape index (κ3) is 2.57. The molecular formula is C15H11F4N5O. The van der Waals surface area contributed by atoms with Gasteiger partial charge in [0.2, 0.25) is 5.60 Å². The number of alkyl halides is 3. The van der Waals surface area contributed by atoms with E-state index in [2.05, 4.69) is 20.2 Å². The predicted octanol–water partition coefficient (Wildman–Crippen LogP) is 3.19. The first kappa shape index (κ1) is 15.7. The predicted molar refractivity (Wildman–Crippen MR) is 77.2 cm³/mol. The Balaban J connectivity index is 1.64. The topological polar surface area (TPSA) is 65.2 Å². The van der Waals surface area contributed by atoms with Crippen LogP contribution in [-0.4, -0.2) is 36.3 Å². The van der Waals surface area contributed by atoms with E-state index in [0.29, 0.717) is 23.3 Å². The first-order valence-electron chi connectivity index (χ1n) is 7.45. The molecule has 0 N–H and O–H groups in total. The fraction of sp³-hybridized carbons (Fsp3) is 0.333. The highest BCUT2D eigenvalue weighted by molar-refractivity contribution is 5.59. The molecule has 0 aromatic carbocycles. The molecule has 4 rings (SSSR count). The van der Waals surface area contributed by atoms with Gasteiger partial charge in [-0.25, -0.2) is 9.37 Å². The van der Waals surface area contributed by atoms with Crippen LogP contribution in [-0.2, 0) is 0 Å². The number of hydrogen-bond acceptors (Lipinski definition) is 5. The molecule has 0 unspecified atom stereocenters. The van der Waals surface area contributed by atoms with Crippen LogP contribution < -0.4 is 4.74 Å². The van der Waals surface area contributed by atoms with E-state index in [4.69, 9.17) is 4.74 Å². The van der Waals surface area contributed by atoms with Gasteiger partial charge in [0.05, 0.1) is 11.9 Å². The van der Waals surface area contributed by atoms with Crippen molar-refractivity contribution in [1.82, 2.24) is 24.6 Å². The summed E-state index contributed by atoms with van der Waals surface area (Å²) in [4.78, 5) is 7.84. The highest BCUT2D eigenvalue weighted by atomic mass is 19.4. The summed E-state index contributed by atoms with van der Waals surface area (Å²) in [5.74, 6) is -1.63. The summed E-state index contributed by atoms with van der Waals surface area (Å²) in [5, 5.41) is 7.50. The number of pyridine rings is 1. The van der Waals surface area contributed by atoms with Crippen LogP contribution in [0.5, 0.6) is 5.88 Å². The van der Waals surface area contributed by atoms with Crippen molar-refractivity contribution in [2.45, 2.75) is 31.0 Å². The summed E-state index contributed by atoms with van der Waals surface area (Å²) in [7, 11) is 0. The van der Waals surface area contributed by atoms with Crippen LogP contribution in [0.2, 0.25) is 0 Å². The summed E-state index contributed by atoms with van der Waals surface area (Å²) < 4.78 is 60.2. The quantitative estimate of drug-likeness (QED) is 0.677. The number of hydrogen-bond donors (Lipinski definition) is 0. The van der Waals surface area contributed by atoms with Gasteiger partial charge in [-0.2, -0.15) is 13.2 Å². The molecular weight excluding hydrogens is 342 g/mol. The Morgan fingerprint density at radius 1 is 1.16 bits per heavy atom. The van der Waals surface area contributed by atoms with E-state index in [1.165, 1.54) is 18.7 Å². The zero-order valence-electron chi connectivity index (χ0n) is 12.7. The summed E-state index contributed by atoms with van der Waals surface area (Å²) in [5.41, 5.74) is -1.16. The van der Waals surface area contributed by atoms with E-state index in [9.17, 15) is 17.6 Å². The van der Waals surface area contributed by atoms with Gasteiger partial charge in [0.15, 0.2) is 11.5 Å². The third-order valence-corrected chi connectivity index (χ3v) is 4.25. The average molecular weight is 353 g/mol.